The normalized spacial score (nSPS) is 28.1. The van der Waals surface area contributed by atoms with E-state index in [1.807, 2.05) is 18.2 Å². The summed E-state index contributed by atoms with van der Waals surface area (Å²) in [5.74, 6) is 0.846. The summed E-state index contributed by atoms with van der Waals surface area (Å²) in [6, 6.07) is 13.3. The molecule has 5 nitrogen and oxygen atoms in total. The van der Waals surface area contributed by atoms with Crippen molar-refractivity contribution < 1.29 is 14.6 Å². The fraction of sp³-hybridized carbons (Fsp3) is 0.480. The summed E-state index contributed by atoms with van der Waals surface area (Å²) in [6.07, 6.45) is 2.01. The predicted octanol–water partition coefficient (Wildman–Crippen LogP) is 4.07. The Morgan fingerprint density at radius 2 is 2.06 bits per heavy atom. The van der Waals surface area contributed by atoms with E-state index in [1.165, 1.54) is 5.56 Å². The zero-order chi connectivity index (χ0) is 22.9. The van der Waals surface area contributed by atoms with Crippen LogP contribution in [-0.2, 0) is 16.6 Å². The van der Waals surface area contributed by atoms with E-state index < -0.39 is 6.10 Å². The molecule has 1 heterocycles. The predicted molar refractivity (Wildman–Crippen MR) is 128 cm³/mol. The van der Waals surface area contributed by atoms with Crippen LogP contribution >= 0.6 is 23.2 Å². The number of likely N-dealkylation sites (tertiary alicyclic amines) is 1. The number of piperidine rings is 1. The minimum atomic E-state index is -0.493. The Labute approximate surface area is 199 Å². The van der Waals surface area contributed by atoms with Crippen molar-refractivity contribution in [3.05, 3.63) is 63.6 Å². The summed E-state index contributed by atoms with van der Waals surface area (Å²) in [5, 5.41) is 15.3. The zero-order valence-electron chi connectivity index (χ0n) is 18.5. The van der Waals surface area contributed by atoms with Crippen LogP contribution < -0.4 is 10.1 Å². The molecule has 2 fully saturated rings. The first-order valence-corrected chi connectivity index (χ1v) is 11.8. The van der Waals surface area contributed by atoms with E-state index in [0.29, 0.717) is 16.5 Å². The summed E-state index contributed by atoms with van der Waals surface area (Å²) in [5.41, 5.74) is 1.78. The van der Waals surface area contributed by atoms with Crippen LogP contribution in [0.4, 0.5) is 0 Å². The number of fused-ring (bicyclic) bond motifs is 1. The molecule has 4 atom stereocenters. The molecule has 0 radical (unpaired) electrons. The van der Waals surface area contributed by atoms with Crippen LogP contribution in [-0.4, -0.2) is 55.3 Å². The number of ether oxygens (including phenoxy) is 1. The third-order valence-electron chi connectivity index (χ3n) is 7.12. The number of nitrogens with zero attached hydrogens (tertiary/aromatic N) is 1. The second-order valence-corrected chi connectivity index (χ2v) is 10.0. The molecule has 2 aromatic rings. The van der Waals surface area contributed by atoms with Crippen LogP contribution in [0, 0.1) is 5.92 Å². The lowest BCUT2D eigenvalue weighted by Crippen LogP contribution is -2.60. The second kappa shape index (κ2) is 9.60. The van der Waals surface area contributed by atoms with Gasteiger partial charge in [-0.2, -0.15) is 0 Å². The summed E-state index contributed by atoms with van der Waals surface area (Å²) >= 11 is 12.1. The molecule has 0 bridgehead atoms. The molecular weight excluding hydrogens is 447 g/mol. The SMILES string of the molecule is COc1cccc([C@@]23CCN(C)C[C@H]2C(O)C[C@@H](NC(=O)Cc2ccc(Cl)c(Cl)c2)C3)c1. The van der Waals surface area contributed by atoms with Crippen molar-refractivity contribution in [3.63, 3.8) is 0 Å². The third kappa shape index (κ3) is 4.76. The van der Waals surface area contributed by atoms with Crippen LogP contribution in [0.3, 0.4) is 0 Å². The van der Waals surface area contributed by atoms with Crippen LogP contribution in [0.2, 0.25) is 10.0 Å². The number of aliphatic hydroxyl groups excluding tert-OH is 1. The molecule has 1 saturated heterocycles. The molecule has 2 aromatic carbocycles. The number of carbonyl (C=O) groups excluding carboxylic acids is 1. The van der Waals surface area contributed by atoms with Gasteiger partial charge in [-0.05, 0) is 68.2 Å². The third-order valence-corrected chi connectivity index (χ3v) is 7.86. The summed E-state index contributed by atoms with van der Waals surface area (Å²) in [7, 11) is 3.78. The molecule has 1 amide bonds. The average Bonchev–Trinajstić information content (AvgIpc) is 2.77. The van der Waals surface area contributed by atoms with Crippen LogP contribution in [0.5, 0.6) is 5.75 Å². The lowest BCUT2D eigenvalue weighted by Gasteiger charge is -2.54. The molecule has 32 heavy (non-hydrogen) atoms. The monoisotopic (exact) mass is 476 g/mol. The van der Waals surface area contributed by atoms with Crippen molar-refractivity contribution in [2.75, 3.05) is 27.2 Å². The maximum Gasteiger partial charge on any atom is 0.224 e. The molecule has 7 heteroatoms. The van der Waals surface area contributed by atoms with E-state index in [1.54, 1.807) is 19.2 Å². The van der Waals surface area contributed by atoms with Gasteiger partial charge in [-0.15, -0.1) is 0 Å². The van der Waals surface area contributed by atoms with E-state index in [2.05, 4.69) is 29.4 Å². The Bertz CT molecular complexity index is 985. The standard InChI is InChI=1S/C25H30Cl2N2O3/c1-29-9-8-25(17-4-3-5-19(12-17)32-2)14-18(13-23(30)20(25)15-29)28-24(31)11-16-6-7-21(26)22(27)10-16/h3-7,10,12,18,20,23,30H,8-9,11,13-15H2,1-2H3,(H,28,31)/t18-,20+,23?,25+/m1/s1. The highest BCUT2D eigenvalue weighted by Crippen LogP contribution is 2.49. The molecule has 2 N–H and O–H groups in total. The van der Waals surface area contributed by atoms with Gasteiger partial charge in [0.05, 0.1) is 29.7 Å². The molecule has 4 rings (SSSR count). The lowest BCUT2D eigenvalue weighted by atomic mass is 9.57. The Morgan fingerprint density at radius 1 is 1.25 bits per heavy atom. The Kier molecular flexibility index (Phi) is 7.01. The minimum absolute atomic E-state index is 0.0761. The smallest absolute Gasteiger partial charge is 0.224 e. The number of hydrogen-bond donors (Lipinski definition) is 2. The van der Waals surface area contributed by atoms with Crippen molar-refractivity contribution >= 4 is 29.1 Å². The van der Waals surface area contributed by atoms with Crippen LogP contribution in [0.25, 0.3) is 0 Å². The Balaban J connectivity index is 1.56. The van der Waals surface area contributed by atoms with Crippen molar-refractivity contribution in [2.24, 2.45) is 5.92 Å². The van der Waals surface area contributed by atoms with Gasteiger partial charge in [0, 0.05) is 23.9 Å². The fourth-order valence-corrected chi connectivity index (χ4v) is 5.85. The van der Waals surface area contributed by atoms with Crippen molar-refractivity contribution in [2.45, 2.75) is 43.2 Å². The number of carbonyl (C=O) groups is 1. The highest BCUT2D eigenvalue weighted by molar-refractivity contribution is 6.42. The zero-order valence-corrected chi connectivity index (χ0v) is 20.0. The molecule has 1 saturated carbocycles. The molecule has 0 spiro atoms. The number of hydrogen-bond acceptors (Lipinski definition) is 4. The van der Waals surface area contributed by atoms with Gasteiger partial charge in [0.2, 0.25) is 5.91 Å². The fourth-order valence-electron chi connectivity index (χ4n) is 5.53. The summed E-state index contributed by atoms with van der Waals surface area (Å²) in [6.45, 7) is 1.78. The Morgan fingerprint density at radius 3 is 2.81 bits per heavy atom. The van der Waals surface area contributed by atoms with E-state index in [0.717, 1.165) is 37.2 Å². The molecular formula is C25H30Cl2N2O3. The maximum absolute atomic E-state index is 12.8. The van der Waals surface area contributed by atoms with Gasteiger partial charge >= 0.3 is 0 Å². The number of rotatable bonds is 5. The van der Waals surface area contributed by atoms with Crippen molar-refractivity contribution in [3.8, 4) is 5.75 Å². The summed E-state index contributed by atoms with van der Waals surface area (Å²) < 4.78 is 5.48. The van der Waals surface area contributed by atoms with E-state index in [9.17, 15) is 9.90 Å². The van der Waals surface area contributed by atoms with Gasteiger partial charge in [0.25, 0.3) is 0 Å². The first kappa shape index (κ1) is 23.4. The lowest BCUT2D eigenvalue weighted by molar-refractivity contribution is -0.122. The molecule has 2 aliphatic rings. The molecule has 1 aliphatic carbocycles. The Hall–Kier alpha value is -1.79. The maximum atomic E-state index is 12.8. The number of amides is 1. The van der Waals surface area contributed by atoms with Gasteiger partial charge in [0.15, 0.2) is 0 Å². The highest BCUT2D eigenvalue weighted by Gasteiger charge is 2.51. The number of aliphatic hydroxyl groups is 1. The molecule has 1 aliphatic heterocycles. The van der Waals surface area contributed by atoms with Gasteiger partial charge in [-0.3, -0.25) is 4.79 Å². The van der Waals surface area contributed by atoms with E-state index >= 15 is 0 Å². The van der Waals surface area contributed by atoms with Crippen LogP contribution in [0.1, 0.15) is 30.4 Å². The van der Waals surface area contributed by atoms with Gasteiger partial charge in [-0.1, -0.05) is 41.4 Å². The van der Waals surface area contributed by atoms with Gasteiger partial charge < -0.3 is 20.1 Å². The second-order valence-electron chi connectivity index (χ2n) is 9.20. The minimum Gasteiger partial charge on any atom is -0.497 e. The van der Waals surface area contributed by atoms with Crippen molar-refractivity contribution in [1.29, 1.82) is 0 Å². The van der Waals surface area contributed by atoms with Crippen molar-refractivity contribution in [1.82, 2.24) is 10.2 Å². The quantitative estimate of drug-likeness (QED) is 0.682. The van der Waals surface area contributed by atoms with Crippen LogP contribution in [0.15, 0.2) is 42.5 Å². The molecule has 0 aromatic heterocycles. The average molecular weight is 477 g/mol. The van der Waals surface area contributed by atoms with Gasteiger partial charge in [-0.25, -0.2) is 0 Å². The number of halogens is 2. The molecule has 172 valence electrons. The highest BCUT2D eigenvalue weighted by atomic mass is 35.5. The van der Waals surface area contributed by atoms with E-state index in [4.69, 9.17) is 27.9 Å². The summed E-state index contributed by atoms with van der Waals surface area (Å²) in [4.78, 5) is 15.1. The molecule has 1 unspecified atom stereocenters. The number of nitrogens with one attached hydrogen (secondary N) is 1. The van der Waals surface area contributed by atoms with Gasteiger partial charge in [0.1, 0.15) is 5.75 Å². The largest absolute Gasteiger partial charge is 0.497 e. The number of benzene rings is 2. The van der Waals surface area contributed by atoms with E-state index in [-0.39, 0.29) is 29.7 Å². The first-order chi connectivity index (χ1) is 15.3. The topological polar surface area (TPSA) is 61.8 Å². The number of methoxy groups -OCH3 is 1. The first-order valence-electron chi connectivity index (χ1n) is 11.0.